The highest BCUT2D eigenvalue weighted by Crippen LogP contribution is 2.25. The summed E-state index contributed by atoms with van der Waals surface area (Å²) < 4.78 is 24.3. The number of halogens is 3. The average molecular weight is 194 g/mol. The van der Waals surface area contributed by atoms with Crippen molar-refractivity contribution in [1.82, 2.24) is 0 Å². The van der Waals surface area contributed by atoms with E-state index in [0.29, 0.717) is 11.3 Å². The molecule has 2 N–H and O–H groups in total. The van der Waals surface area contributed by atoms with E-state index in [4.69, 9.17) is 5.73 Å². The van der Waals surface area contributed by atoms with Gasteiger partial charge in [0.15, 0.2) is 0 Å². The molecular weight excluding hydrogens is 184 g/mol. The lowest BCUT2D eigenvalue weighted by atomic mass is 10.1. The largest absolute Gasteiger partial charge is 0.399 e. The lowest BCUT2D eigenvalue weighted by Gasteiger charge is -2.05. The number of nitrogens with two attached hydrogens (primary N) is 1. The van der Waals surface area contributed by atoms with E-state index in [2.05, 4.69) is 0 Å². The van der Waals surface area contributed by atoms with Crippen molar-refractivity contribution in [2.45, 2.75) is 13.3 Å². The molecule has 0 aromatic heterocycles. The van der Waals surface area contributed by atoms with Crippen LogP contribution in [-0.2, 0) is 0 Å². The van der Waals surface area contributed by atoms with E-state index in [1.807, 2.05) is 0 Å². The van der Waals surface area contributed by atoms with Gasteiger partial charge in [-0.3, -0.25) is 0 Å². The molecular formula is C8H10ClF2N. The van der Waals surface area contributed by atoms with Gasteiger partial charge in [-0.2, -0.15) is 0 Å². The van der Waals surface area contributed by atoms with Gasteiger partial charge in [0.25, 0.3) is 6.43 Å². The summed E-state index contributed by atoms with van der Waals surface area (Å²) >= 11 is 0. The molecule has 0 unspecified atom stereocenters. The molecule has 0 amide bonds. The van der Waals surface area contributed by atoms with Gasteiger partial charge < -0.3 is 5.73 Å². The molecule has 0 saturated heterocycles. The fraction of sp³-hybridized carbons (Fsp3) is 0.250. The Morgan fingerprint density at radius 3 is 2.33 bits per heavy atom. The van der Waals surface area contributed by atoms with Crippen molar-refractivity contribution in [3.05, 3.63) is 29.3 Å². The van der Waals surface area contributed by atoms with Gasteiger partial charge in [0.2, 0.25) is 0 Å². The molecule has 0 atom stereocenters. The van der Waals surface area contributed by atoms with E-state index in [0.717, 1.165) is 0 Å². The quantitative estimate of drug-likeness (QED) is 0.682. The van der Waals surface area contributed by atoms with Crippen LogP contribution in [0.15, 0.2) is 18.2 Å². The van der Waals surface area contributed by atoms with Crippen LogP contribution in [0.3, 0.4) is 0 Å². The maximum atomic E-state index is 12.2. The second-order valence-corrected chi connectivity index (χ2v) is 2.36. The molecule has 0 saturated carbocycles. The van der Waals surface area contributed by atoms with E-state index in [-0.39, 0.29) is 18.0 Å². The highest BCUT2D eigenvalue weighted by Gasteiger charge is 2.10. The summed E-state index contributed by atoms with van der Waals surface area (Å²) in [5.41, 5.74) is 6.34. The normalized spacial score (nSPS) is 9.67. The molecule has 4 heteroatoms. The van der Waals surface area contributed by atoms with Gasteiger partial charge in [0.05, 0.1) is 0 Å². The highest BCUT2D eigenvalue weighted by molar-refractivity contribution is 5.85. The topological polar surface area (TPSA) is 26.0 Å². The number of alkyl halides is 2. The summed E-state index contributed by atoms with van der Waals surface area (Å²) in [7, 11) is 0. The Balaban J connectivity index is 0.00000121. The van der Waals surface area contributed by atoms with Crippen LogP contribution in [0.4, 0.5) is 14.5 Å². The Hall–Kier alpha value is -0.830. The van der Waals surface area contributed by atoms with E-state index in [1.165, 1.54) is 12.1 Å². The minimum Gasteiger partial charge on any atom is -0.399 e. The van der Waals surface area contributed by atoms with Gasteiger partial charge in [0, 0.05) is 11.3 Å². The fourth-order valence-electron chi connectivity index (χ4n) is 0.909. The van der Waals surface area contributed by atoms with Crippen molar-refractivity contribution in [2.24, 2.45) is 0 Å². The minimum absolute atomic E-state index is 0. The van der Waals surface area contributed by atoms with E-state index < -0.39 is 6.43 Å². The molecule has 0 aliphatic rings. The van der Waals surface area contributed by atoms with Gasteiger partial charge >= 0.3 is 0 Å². The van der Waals surface area contributed by atoms with Gasteiger partial charge in [-0.1, -0.05) is 12.1 Å². The Kier molecular flexibility index (Phi) is 3.96. The molecule has 0 fully saturated rings. The third-order valence-electron chi connectivity index (χ3n) is 1.65. The van der Waals surface area contributed by atoms with Gasteiger partial charge in [0.1, 0.15) is 0 Å². The third kappa shape index (κ3) is 2.08. The molecule has 68 valence electrons. The van der Waals surface area contributed by atoms with Gasteiger partial charge in [-0.15, -0.1) is 12.4 Å². The second-order valence-electron chi connectivity index (χ2n) is 2.36. The fourth-order valence-corrected chi connectivity index (χ4v) is 0.909. The lowest BCUT2D eigenvalue weighted by Crippen LogP contribution is -1.95. The highest BCUT2D eigenvalue weighted by atomic mass is 35.5. The zero-order valence-corrected chi connectivity index (χ0v) is 7.37. The van der Waals surface area contributed by atoms with Crippen molar-refractivity contribution in [3.8, 4) is 0 Å². The number of rotatable bonds is 1. The first-order valence-corrected chi connectivity index (χ1v) is 3.26. The van der Waals surface area contributed by atoms with Crippen molar-refractivity contribution >= 4 is 18.1 Å². The minimum atomic E-state index is -2.43. The predicted octanol–water partition coefficient (Wildman–Crippen LogP) is 2.94. The van der Waals surface area contributed by atoms with Crippen LogP contribution < -0.4 is 5.73 Å². The molecule has 1 nitrogen and oxygen atoms in total. The molecule has 1 rings (SSSR count). The molecule has 0 aliphatic heterocycles. The molecule has 0 aliphatic carbocycles. The molecule has 0 radical (unpaired) electrons. The number of hydrogen-bond acceptors (Lipinski definition) is 1. The first-order chi connectivity index (χ1) is 5.13. The maximum absolute atomic E-state index is 12.2. The van der Waals surface area contributed by atoms with Crippen LogP contribution in [0, 0.1) is 6.92 Å². The summed E-state index contributed by atoms with van der Waals surface area (Å²) in [6, 6.07) is 4.53. The van der Waals surface area contributed by atoms with Gasteiger partial charge in [-0.25, -0.2) is 8.78 Å². The Bertz CT molecular complexity index is 263. The SMILES string of the molecule is Cc1c(N)cccc1C(F)F.Cl. The zero-order valence-electron chi connectivity index (χ0n) is 6.55. The molecule has 12 heavy (non-hydrogen) atoms. The number of hydrogen-bond donors (Lipinski definition) is 1. The van der Waals surface area contributed by atoms with Crippen LogP contribution in [0.5, 0.6) is 0 Å². The van der Waals surface area contributed by atoms with Crippen molar-refractivity contribution < 1.29 is 8.78 Å². The number of nitrogen functional groups attached to an aromatic ring is 1. The first-order valence-electron chi connectivity index (χ1n) is 3.26. The van der Waals surface area contributed by atoms with Crippen LogP contribution in [0.25, 0.3) is 0 Å². The van der Waals surface area contributed by atoms with Crippen LogP contribution in [0.2, 0.25) is 0 Å². The number of benzene rings is 1. The molecule has 0 bridgehead atoms. The summed E-state index contributed by atoms with van der Waals surface area (Å²) in [4.78, 5) is 0. The predicted molar refractivity (Wildman–Crippen MR) is 47.8 cm³/mol. The Labute approximate surface area is 76.0 Å². The van der Waals surface area contributed by atoms with Crippen LogP contribution in [-0.4, -0.2) is 0 Å². The summed E-state index contributed by atoms with van der Waals surface area (Å²) in [5, 5.41) is 0. The van der Waals surface area contributed by atoms with E-state index >= 15 is 0 Å². The van der Waals surface area contributed by atoms with Crippen molar-refractivity contribution in [1.29, 1.82) is 0 Å². The smallest absolute Gasteiger partial charge is 0.264 e. The number of anilines is 1. The summed E-state index contributed by atoms with van der Waals surface area (Å²) in [6.07, 6.45) is -2.43. The summed E-state index contributed by atoms with van der Waals surface area (Å²) in [5.74, 6) is 0. The molecule has 1 aromatic carbocycles. The zero-order chi connectivity index (χ0) is 8.43. The lowest BCUT2D eigenvalue weighted by molar-refractivity contribution is 0.150. The van der Waals surface area contributed by atoms with Crippen LogP contribution in [0.1, 0.15) is 17.6 Å². The third-order valence-corrected chi connectivity index (χ3v) is 1.65. The summed E-state index contributed by atoms with van der Waals surface area (Å²) in [6.45, 7) is 1.59. The average Bonchev–Trinajstić information content (AvgIpc) is 1.94. The monoisotopic (exact) mass is 193 g/mol. The molecule has 0 heterocycles. The van der Waals surface area contributed by atoms with Crippen LogP contribution >= 0.6 is 12.4 Å². The molecule has 0 spiro atoms. The first kappa shape index (κ1) is 11.2. The van der Waals surface area contributed by atoms with E-state index in [9.17, 15) is 8.78 Å². The standard InChI is InChI=1S/C8H9F2N.ClH/c1-5-6(8(9)10)3-2-4-7(5)11;/h2-4,8H,11H2,1H3;1H. The van der Waals surface area contributed by atoms with Gasteiger partial charge in [-0.05, 0) is 18.6 Å². The van der Waals surface area contributed by atoms with E-state index in [1.54, 1.807) is 13.0 Å². The maximum Gasteiger partial charge on any atom is 0.264 e. The second kappa shape index (κ2) is 4.26. The van der Waals surface area contributed by atoms with Crippen molar-refractivity contribution in [3.63, 3.8) is 0 Å². The Morgan fingerprint density at radius 1 is 1.33 bits per heavy atom. The molecule has 1 aromatic rings. The Morgan fingerprint density at radius 2 is 1.92 bits per heavy atom. The van der Waals surface area contributed by atoms with Crippen molar-refractivity contribution in [2.75, 3.05) is 5.73 Å².